The Bertz CT molecular complexity index is 150. The molecule has 0 heterocycles. The summed E-state index contributed by atoms with van der Waals surface area (Å²) in [7, 11) is 0. The molecule has 0 aromatic heterocycles. The Hall–Kier alpha value is -0.120. The monoisotopic (exact) mass is 260 g/mol. The molecule has 1 atom stereocenters. The van der Waals surface area contributed by atoms with Crippen molar-refractivity contribution in [2.75, 3.05) is 13.2 Å². The van der Waals surface area contributed by atoms with E-state index in [4.69, 9.17) is 9.47 Å². The molecule has 0 aromatic carbocycles. The molecular weight excluding hydrogens is 228 g/mol. The van der Waals surface area contributed by atoms with Gasteiger partial charge in [-0.05, 0) is 19.3 Å². The van der Waals surface area contributed by atoms with Crippen LogP contribution in [0.1, 0.15) is 72.1 Å². The van der Waals surface area contributed by atoms with Gasteiger partial charge in [0.25, 0.3) is 0 Å². The van der Waals surface area contributed by atoms with E-state index < -0.39 is 12.4 Å². The normalized spacial score (nSPS) is 13.2. The molecule has 1 N–H and O–H groups in total. The molecule has 3 nitrogen and oxygen atoms in total. The first-order valence-corrected chi connectivity index (χ1v) is 7.67. The number of hydrogen-bond donors (Lipinski definition) is 1. The summed E-state index contributed by atoms with van der Waals surface area (Å²) >= 11 is 0. The molecule has 0 fully saturated rings. The number of ether oxygens (including phenoxy) is 2. The third-order valence-corrected chi connectivity index (χ3v) is 2.96. The zero-order valence-corrected chi connectivity index (χ0v) is 12.5. The number of hydrogen-bond acceptors (Lipinski definition) is 3. The van der Waals surface area contributed by atoms with Crippen molar-refractivity contribution in [3.8, 4) is 0 Å². The predicted octanol–water partition coefficient (Wildman–Crippen LogP) is 3.89. The van der Waals surface area contributed by atoms with E-state index in [0.717, 1.165) is 25.7 Å². The highest BCUT2D eigenvalue weighted by molar-refractivity contribution is 4.60. The third kappa shape index (κ3) is 9.86. The summed E-state index contributed by atoms with van der Waals surface area (Å²) in [6.45, 7) is 7.78. The van der Waals surface area contributed by atoms with Crippen LogP contribution in [0.3, 0.4) is 0 Å². The molecule has 1 unspecified atom stereocenters. The summed E-state index contributed by atoms with van der Waals surface area (Å²) in [5, 5.41) is 9.97. The van der Waals surface area contributed by atoms with E-state index in [1.165, 1.54) is 25.7 Å². The Balaban J connectivity index is 3.84. The van der Waals surface area contributed by atoms with Crippen LogP contribution in [0.4, 0.5) is 0 Å². The lowest BCUT2D eigenvalue weighted by molar-refractivity contribution is -0.196. The van der Waals surface area contributed by atoms with Gasteiger partial charge in [-0.3, -0.25) is 0 Å². The van der Waals surface area contributed by atoms with Gasteiger partial charge in [0.1, 0.15) is 6.10 Å². The lowest BCUT2D eigenvalue weighted by Gasteiger charge is -2.23. The molecule has 0 bridgehead atoms. The van der Waals surface area contributed by atoms with Crippen LogP contribution < -0.4 is 0 Å². The molecule has 0 spiro atoms. The highest BCUT2D eigenvalue weighted by Gasteiger charge is 2.19. The largest absolute Gasteiger partial charge is 0.388 e. The lowest BCUT2D eigenvalue weighted by atomic mass is 10.2. The van der Waals surface area contributed by atoms with Gasteiger partial charge >= 0.3 is 0 Å². The van der Waals surface area contributed by atoms with Gasteiger partial charge in [0.2, 0.25) is 0 Å². The number of aliphatic hydroxyl groups excluding tert-OH is 1. The molecule has 110 valence electrons. The van der Waals surface area contributed by atoms with Crippen molar-refractivity contribution in [1.82, 2.24) is 0 Å². The lowest BCUT2D eigenvalue weighted by Crippen LogP contribution is -2.32. The molecule has 0 amide bonds. The van der Waals surface area contributed by atoms with Gasteiger partial charge in [0.15, 0.2) is 6.29 Å². The smallest absolute Gasteiger partial charge is 0.183 e. The van der Waals surface area contributed by atoms with Crippen LogP contribution in [-0.4, -0.2) is 30.7 Å². The highest BCUT2D eigenvalue weighted by Crippen LogP contribution is 2.10. The predicted molar refractivity (Wildman–Crippen MR) is 75.7 cm³/mol. The first-order chi connectivity index (χ1) is 8.76. The molecule has 18 heavy (non-hydrogen) atoms. The Kier molecular flexibility index (Phi) is 13.2. The van der Waals surface area contributed by atoms with Crippen LogP contribution in [-0.2, 0) is 9.47 Å². The van der Waals surface area contributed by atoms with Crippen LogP contribution >= 0.6 is 0 Å². The minimum atomic E-state index is -0.488. The van der Waals surface area contributed by atoms with Crippen molar-refractivity contribution < 1.29 is 14.6 Å². The Morgan fingerprint density at radius 3 is 1.67 bits per heavy atom. The number of unbranched alkanes of at least 4 members (excludes halogenated alkanes) is 4. The third-order valence-electron chi connectivity index (χ3n) is 2.96. The van der Waals surface area contributed by atoms with Crippen molar-refractivity contribution in [2.24, 2.45) is 0 Å². The highest BCUT2D eigenvalue weighted by atomic mass is 16.7. The molecule has 0 aromatic rings. The van der Waals surface area contributed by atoms with Crippen LogP contribution in [0.25, 0.3) is 0 Å². The second-order valence-electron chi connectivity index (χ2n) is 4.88. The molecule has 0 saturated heterocycles. The van der Waals surface area contributed by atoms with Crippen molar-refractivity contribution in [1.29, 1.82) is 0 Å². The minimum Gasteiger partial charge on any atom is -0.388 e. The first-order valence-electron chi connectivity index (χ1n) is 7.67. The van der Waals surface area contributed by atoms with E-state index >= 15 is 0 Å². The van der Waals surface area contributed by atoms with E-state index in [9.17, 15) is 5.11 Å². The summed E-state index contributed by atoms with van der Waals surface area (Å²) in [5.74, 6) is 0. The Labute approximate surface area is 113 Å². The fourth-order valence-corrected chi connectivity index (χ4v) is 1.81. The average Bonchev–Trinajstić information content (AvgIpc) is 2.37. The number of aliphatic hydroxyl groups is 1. The van der Waals surface area contributed by atoms with Gasteiger partial charge < -0.3 is 14.6 Å². The Morgan fingerprint density at radius 2 is 1.28 bits per heavy atom. The van der Waals surface area contributed by atoms with E-state index in [2.05, 4.69) is 20.8 Å². The van der Waals surface area contributed by atoms with E-state index in [1.54, 1.807) is 0 Å². The van der Waals surface area contributed by atoms with E-state index in [-0.39, 0.29) is 0 Å². The summed E-state index contributed by atoms with van der Waals surface area (Å²) in [5.41, 5.74) is 0. The topological polar surface area (TPSA) is 38.7 Å². The molecule has 0 rings (SSSR count). The van der Waals surface area contributed by atoms with Crippen LogP contribution in [0.15, 0.2) is 0 Å². The Morgan fingerprint density at radius 1 is 0.778 bits per heavy atom. The van der Waals surface area contributed by atoms with Gasteiger partial charge in [-0.15, -0.1) is 0 Å². The standard InChI is InChI=1S/C15H32O3/c1-4-7-9-12-17-15(14(16)11-6-3)18-13-10-8-5-2/h14-16H,4-13H2,1-3H3. The molecular formula is C15H32O3. The van der Waals surface area contributed by atoms with Crippen molar-refractivity contribution in [3.63, 3.8) is 0 Å². The van der Waals surface area contributed by atoms with Crippen molar-refractivity contribution in [3.05, 3.63) is 0 Å². The number of rotatable bonds is 13. The maximum absolute atomic E-state index is 9.97. The maximum Gasteiger partial charge on any atom is 0.183 e. The zero-order chi connectivity index (χ0) is 13.6. The SMILES string of the molecule is CCCCCOC(OCCCCC)C(O)CCC. The first kappa shape index (κ1) is 17.9. The molecule has 0 radical (unpaired) electrons. The fourth-order valence-electron chi connectivity index (χ4n) is 1.81. The summed E-state index contributed by atoms with van der Waals surface area (Å²) in [6, 6.07) is 0. The van der Waals surface area contributed by atoms with Gasteiger partial charge in [-0.25, -0.2) is 0 Å². The van der Waals surface area contributed by atoms with E-state index in [1.807, 2.05) is 0 Å². The minimum absolute atomic E-state index is 0.432. The van der Waals surface area contributed by atoms with Gasteiger partial charge in [-0.1, -0.05) is 52.9 Å². The molecule has 0 aliphatic carbocycles. The van der Waals surface area contributed by atoms with Crippen LogP contribution in [0.2, 0.25) is 0 Å². The van der Waals surface area contributed by atoms with Gasteiger partial charge in [0, 0.05) is 13.2 Å². The van der Waals surface area contributed by atoms with Gasteiger partial charge in [0.05, 0.1) is 0 Å². The van der Waals surface area contributed by atoms with Crippen LogP contribution in [0.5, 0.6) is 0 Å². The molecule has 0 aliphatic rings. The summed E-state index contributed by atoms with van der Waals surface area (Å²) in [6.07, 6.45) is 7.58. The average molecular weight is 260 g/mol. The second kappa shape index (κ2) is 13.3. The van der Waals surface area contributed by atoms with Crippen LogP contribution in [0, 0.1) is 0 Å². The van der Waals surface area contributed by atoms with E-state index in [0.29, 0.717) is 13.2 Å². The molecule has 3 heteroatoms. The maximum atomic E-state index is 9.97. The zero-order valence-electron chi connectivity index (χ0n) is 12.5. The van der Waals surface area contributed by atoms with Crippen molar-refractivity contribution in [2.45, 2.75) is 84.5 Å². The molecule has 0 aliphatic heterocycles. The quantitative estimate of drug-likeness (QED) is 0.403. The fraction of sp³-hybridized carbons (Fsp3) is 1.00. The van der Waals surface area contributed by atoms with Crippen molar-refractivity contribution >= 4 is 0 Å². The summed E-state index contributed by atoms with van der Waals surface area (Å²) < 4.78 is 11.3. The molecule has 0 saturated carbocycles. The van der Waals surface area contributed by atoms with Gasteiger partial charge in [-0.2, -0.15) is 0 Å². The summed E-state index contributed by atoms with van der Waals surface area (Å²) in [4.78, 5) is 0. The second-order valence-corrected chi connectivity index (χ2v) is 4.88.